The standard InChI is InChI=1S/C28H12F7NO2S/c29-19-9-15(2-1-14-3-5-17(37)6-4-14)10-20(30)25(19)28(34,35)38-18-7-8-23-24(13-18)39-27(36-23)16-11-21(31)26(33)22(32)12-16/h3-13,37H. The molecule has 0 atom stereocenters. The van der Waals surface area contributed by atoms with E-state index in [9.17, 15) is 35.8 Å². The van der Waals surface area contributed by atoms with Crippen LogP contribution in [-0.2, 0) is 6.11 Å². The predicted octanol–water partition coefficient (Wildman–Crippen LogP) is 7.89. The average molecular weight is 559 g/mol. The number of aromatic nitrogens is 1. The Morgan fingerprint density at radius 1 is 0.744 bits per heavy atom. The summed E-state index contributed by atoms with van der Waals surface area (Å²) in [5, 5.41) is 9.36. The van der Waals surface area contributed by atoms with Gasteiger partial charge in [-0.2, -0.15) is 8.78 Å². The molecular formula is C28H12F7NO2S. The summed E-state index contributed by atoms with van der Waals surface area (Å²) in [7, 11) is 0. The lowest BCUT2D eigenvalue weighted by atomic mass is 10.1. The van der Waals surface area contributed by atoms with Crippen molar-refractivity contribution in [2.45, 2.75) is 6.11 Å². The van der Waals surface area contributed by atoms with Crippen molar-refractivity contribution in [1.29, 1.82) is 0 Å². The second-order valence-corrected chi connectivity index (χ2v) is 9.16. The Kier molecular flexibility index (Phi) is 6.66. The number of nitrogens with zero attached hydrogens (tertiary/aromatic N) is 1. The zero-order valence-corrected chi connectivity index (χ0v) is 20.0. The first-order valence-corrected chi connectivity index (χ1v) is 11.7. The van der Waals surface area contributed by atoms with Gasteiger partial charge in [-0.15, -0.1) is 11.3 Å². The van der Waals surface area contributed by atoms with E-state index >= 15 is 0 Å². The van der Waals surface area contributed by atoms with Gasteiger partial charge in [0.25, 0.3) is 0 Å². The molecule has 0 amide bonds. The first-order chi connectivity index (χ1) is 18.5. The summed E-state index contributed by atoms with van der Waals surface area (Å²) in [5.74, 6) is -3.06. The molecule has 0 spiro atoms. The van der Waals surface area contributed by atoms with Gasteiger partial charge in [0.05, 0.1) is 10.2 Å². The van der Waals surface area contributed by atoms with Crippen LogP contribution in [0, 0.1) is 40.9 Å². The lowest BCUT2D eigenvalue weighted by molar-refractivity contribution is -0.189. The molecule has 0 aliphatic carbocycles. The van der Waals surface area contributed by atoms with Crippen molar-refractivity contribution in [2.75, 3.05) is 0 Å². The van der Waals surface area contributed by atoms with Crippen LogP contribution < -0.4 is 4.74 Å². The lowest BCUT2D eigenvalue weighted by Gasteiger charge is -2.19. The van der Waals surface area contributed by atoms with E-state index in [-0.39, 0.29) is 32.1 Å². The van der Waals surface area contributed by atoms with Crippen molar-refractivity contribution in [1.82, 2.24) is 4.98 Å². The summed E-state index contributed by atoms with van der Waals surface area (Å²) in [6.45, 7) is 0. The Labute approximate surface area is 219 Å². The van der Waals surface area contributed by atoms with Crippen LogP contribution in [0.15, 0.2) is 66.7 Å². The summed E-state index contributed by atoms with van der Waals surface area (Å²) < 4.78 is 104. The number of phenolic OH excluding ortho intramolecular Hbond substituents is 1. The van der Waals surface area contributed by atoms with Gasteiger partial charge in [0.2, 0.25) is 0 Å². The van der Waals surface area contributed by atoms with Gasteiger partial charge in [0.15, 0.2) is 17.5 Å². The van der Waals surface area contributed by atoms with E-state index in [2.05, 4.69) is 21.6 Å². The fourth-order valence-corrected chi connectivity index (χ4v) is 4.56. The van der Waals surface area contributed by atoms with Crippen LogP contribution in [0.5, 0.6) is 11.5 Å². The molecule has 0 saturated carbocycles. The zero-order valence-electron chi connectivity index (χ0n) is 19.2. The van der Waals surface area contributed by atoms with E-state index < -0.39 is 46.5 Å². The molecule has 0 saturated heterocycles. The molecule has 1 aromatic heterocycles. The normalized spacial score (nSPS) is 11.4. The molecule has 3 nitrogen and oxygen atoms in total. The van der Waals surface area contributed by atoms with Gasteiger partial charge in [-0.05, 0) is 66.7 Å². The molecule has 1 heterocycles. The first-order valence-electron chi connectivity index (χ1n) is 10.9. The van der Waals surface area contributed by atoms with Crippen LogP contribution in [0.4, 0.5) is 30.7 Å². The molecule has 0 bridgehead atoms. The largest absolute Gasteiger partial charge is 0.508 e. The van der Waals surface area contributed by atoms with Gasteiger partial charge >= 0.3 is 6.11 Å². The van der Waals surface area contributed by atoms with Gasteiger partial charge in [0.1, 0.15) is 33.7 Å². The predicted molar refractivity (Wildman–Crippen MR) is 130 cm³/mol. The van der Waals surface area contributed by atoms with Crippen molar-refractivity contribution in [3.8, 4) is 33.9 Å². The first kappa shape index (κ1) is 26.1. The van der Waals surface area contributed by atoms with Gasteiger partial charge in [-0.1, -0.05) is 11.8 Å². The number of fused-ring (bicyclic) bond motifs is 1. The number of phenols is 1. The topological polar surface area (TPSA) is 42.4 Å². The van der Waals surface area contributed by atoms with Crippen LogP contribution in [0.25, 0.3) is 20.8 Å². The van der Waals surface area contributed by atoms with E-state index in [1.165, 1.54) is 30.3 Å². The van der Waals surface area contributed by atoms with E-state index in [0.717, 1.165) is 35.6 Å². The maximum Gasteiger partial charge on any atom is 0.432 e. The van der Waals surface area contributed by atoms with Crippen LogP contribution in [0.2, 0.25) is 0 Å². The number of hydrogen-bond donors (Lipinski definition) is 1. The molecule has 0 aliphatic rings. The summed E-state index contributed by atoms with van der Waals surface area (Å²) in [4.78, 5) is 4.15. The number of alkyl halides is 2. The number of rotatable bonds is 4. The SMILES string of the molecule is Oc1ccc(C#Cc2cc(F)c(C(F)(F)Oc3ccc4nc(-c5cc(F)c(F)c(F)c5)sc4c3)c(F)c2)cc1. The van der Waals surface area contributed by atoms with Gasteiger partial charge in [0, 0.05) is 16.7 Å². The molecule has 0 fully saturated rings. The third-order valence-electron chi connectivity index (χ3n) is 5.39. The van der Waals surface area contributed by atoms with Crippen molar-refractivity contribution < 1.29 is 40.6 Å². The number of thiazole rings is 1. The lowest BCUT2D eigenvalue weighted by Crippen LogP contribution is -2.25. The third-order valence-corrected chi connectivity index (χ3v) is 6.46. The molecular weight excluding hydrogens is 547 g/mol. The fraction of sp³-hybridized carbons (Fsp3) is 0.0357. The van der Waals surface area contributed by atoms with Crippen LogP contribution in [0.3, 0.4) is 0 Å². The second kappa shape index (κ2) is 9.96. The highest BCUT2D eigenvalue weighted by Crippen LogP contribution is 2.38. The Balaban J connectivity index is 1.41. The fourth-order valence-electron chi connectivity index (χ4n) is 3.58. The third kappa shape index (κ3) is 5.37. The molecule has 5 aromatic rings. The van der Waals surface area contributed by atoms with E-state index in [0.29, 0.717) is 17.7 Å². The number of benzene rings is 4. The molecule has 0 aliphatic heterocycles. The Hall–Kier alpha value is -4.56. The summed E-state index contributed by atoms with van der Waals surface area (Å²) in [5.41, 5.74) is -1.23. The minimum atomic E-state index is -4.43. The number of hydrogen-bond acceptors (Lipinski definition) is 4. The molecule has 1 N–H and O–H groups in total. The van der Waals surface area contributed by atoms with Crippen molar-refractivity contribution in [3.63, 3.8) is 0 Å². The molecule has 196 valence electrons. The Bertz CT molecular complexity index is 1740. The Morgan fingerprint density at radius 2 is 1.36 bits per heavy atom. The molecule has 11 heteroatoms. The molecule has 4 aromatic carbocycles. The van der Waals surface area contributed by atoms with E-state index in [1.54, 1.807) is 0 Å². The molecule has 0 radical (unpaired) electrons. The molecule has 0 unspecified atom stereocenters. The number of aromatic hydroxyl groups is 1. The van der Waals surface area contributed by atoms with Crippen LogP contribution >= 0.6 is 11.3 Å². The number of ether oxygens (including phenoxy) is 1. The minimum absolute atomic E-state index is 0.00203. The number of halogens is 7. The maximum absolute atomic E-state index is 14.9. The van der Waals surface area contributed by atoms with Gasteiger partial charge in [-0.25, -0.2) is 26.9 Å². The van der Waals surface area contributed by atoms with Gasteiger partial charge < -0.3 is 9.84 Å². The molecule has 39 heavy (non-hydrogen) atoms. The average Bonchev–Trinajstić information content (AvgIpc) is 3.29. The van der Waals surface area contributed by atoms with Crippen molar-refractivity contribution >= 4 is 21.6 Å². The monoisotopic (exact) mass is 559 g/mol. The summed E-state index contributed by atoms with van der Waals surface area (Å²) >= 11 is 0.853. The van der Waals surface area contributed by atoms with Gasteiger partial charge in [-0.3, -0.25) is 0 Å². The summed E-state index contributed by atoms with van der Waals surface area (Å²) in [6, 6.07) is 11.9. The smallest absolute Gasteiger partial charge is 0.432 e. The zero-order chi connectivity index (χ0) is 27.9. The summed E-state index contributed by atoms with van der Waals surface area (Å²) in [6.07, 6.45) is -4.43. The highest BCUT2D eigenvalue weighted by molar-refractivity contribution is 7.21. The highest BCUT2D eigenvalue weighted by Gasteiger charge is 2.41. The van der Waals surface area contributed by atoms with Crippen LogP contribution in [-0.4, -0.2) is 10.1 Å². The maximum atomic E-state index is 14.9. The van der Waals surface area contributed by atoms with Crippen molar-refractivity contribution in [3.05, 3.63) is 113 Å². The highest BCUT2D eigenvalue weighted by atomic mass is 32.1. The quantitative estimate of drug-likeness (QED) is 0.138. The van der Waals surface area contributed by atoms with Crippen molar-refractivity contribution in [2.24, 2.45) is 0 Å². The van der Waals surface area contributed by atoms with E-state index in [1.807, 2.05) is 0 Å². The van der Waals surface area contributed by atoms with Crippen LogP contribution in [0.1, 0.15) is 16.7 Å². The Morgan fingerprint density at radius 3 is 2.00 bits per heavy atom. The van der Waals surface area contributed by atoms with E-state index in [4.69, 9.17) is 0 Å². The minimum Gasteiger partial charge on any atom is -0.508 e. The molecule has 5 rings (SSSR count). The second-order valence-electron chi connectivity index (χ2n) is 8.13.